The van der Waals surface area contributed by atoms with Crippen LogP contribution in [0.2, 0.25) is 0 Å². The first kappa shape index (κ1) is 15.7. The van der Waals surface area contributed by atoms with Gasteiger partial charge < -0.3 is 24.8 Å². The molecular formula is C17H16N2O5. The number of anilines is 2. The van der Waals surface area contributed by atoms with Crippen molar-refractivity contribution in [3.05, 3.63) is 42.0 Å². The van der Waals surface area contributed by atoms with Gasteiger partial charge in [-0.05, 0) is 36.8 Å². The van der Waals surface area contributed by atoms with Crippen LogP contribution in [-0.2, 0) is 9.59 Å². The van der Waals surface area contributed by atoms with Crippen LogP contribution < -0.4 is 24.8 Å². The van der Waals surface area contributed by atoms with Crippen LogP contribution in [0.5, 0.6) is 17.2 Å². The summed E-state index contributed by atoms with van der Waals surface area (Å²) in [5.74, 6) is 0.00864. The summed E-state index contributed by atoms with van der Waals surface area (Å²) in [7, 11) is 1.49. The number of fused-ring (bicyclic) bond motifs is 1. The molecule has 0 unspecified atom stereocenters. The Balaban J connectivity index is 1.69. The predicted octanol–water partition coefficient (Wildman–Crippen LogP) is 2.31. The van der Waals surface area contributed by atoms with Crippen LogP contribution in [0.3, 0.4) is 0 Å². The maximum absolute atomic E-state index is 12.1. The van der Waals surface area contributed by atoms with Crippen molar-refractivity contribution < 1.29 is 23.8 Å². The van der Waals surface area contributed by atoms with Gasteiger partial charge in [0.15, 0.2) is 11.5 Å². The molecule has 0 saturated heterocycles. The van der Waals surface area contributed by atoms with Gasteiger partial charge in [-0.15, -0.1) is 0 Å². The number of amides is 2. The number of rotatable bonds is 3. The van der Waals surface area contributed by atoms with E-state index in [0.717, 1.165) is 5.56 Å². The second kappa shape index (κ2) is 6.49. The highest BCUT2D eigenvalue weighted by Crippen LogP contribution is 2.34. The molecule has 2 N–H and O–H groups in total. The number of carbonyl (C=O) groups is 2. The second-order valence-corrected chi connectivity index (χ2v) is 5.18. The lowest BCUT2D eigenvalue weighted by atomic mass is 10.2. The van der Waals surface area contributed by atoms with Crippen LogP contribution in [0.4, 0.5) is 11.4 Å². The summed E-state index contributed by atoms with van der Waals surface area (Å²) >= 11 is 0. The largest absolute Gasteiger partial charge is 0.495 e. The molecule has 24 heavy (non-hydrogen) atoms. The normalized spacial score (nSPS) is 11.8. The Morgan fingerprint density at radius 3 is 2.54 bits per heavy atom. The third-order valence-electron chi connectivity index (χ3n) is 3.44. The molecular weight excluding hydrogens is 312 g/mol. The third kappa shape index (κ3) is 3.24. The lowest BCUT2D eigenvalue weighted by Gasteiger charge is -2.11. The van der Waals surface area contributed by atoms with E-state index in [-0.39, 0.29) is 6.79 Å². The highest BCUT2D eigenvalue weighted by Gasteiger charge is 2.18. The van der Waals surface area contributed by atoms with E-state index in [0.29, 0.717) is 28.6 Å². The average Bonchev–Trinajstić information content (AvgIpc) is 3.02. The zero-order valence-corrected chi connectivity index (χ0v) is 13.2. The molecule has 0 spiro atoms. The van der Waals surface area contributed by atoms with E-state index in [1.165, 1.54) is 7.11 Å². The van der Waals surface area contributed by atoms with Crippen molar-refractivity contribution in [1.82, 2.24) is 0 Å². The number of aryl methyl sites for hydroxylation is 1. The molecule has 1 aliphatic heterocycles. The minimum atomic E-state index is -0.795. The number of ether oxygens (including phenoxy) is 3. The Kier molecular flexibility index (Phi) is 4.24. The molecule has 0 aliphatic carbocycles. The van der Waals surface area contributed by atoms with Crippen molar-refractivity contribution in [1.29, 1.82) is 0 Å². The van der Waals surface area contributed by atoms with Gasteiger partial charge in [-0.1, -0.05) is 6.07 Å². The van der Waals surface area contributed by atoms with Crippen molar-refractivity contribution in [2.24, 2.45) is 0 Å². The van der Waals surface area contributed by atoms with Crippen molar-refractivity contribution in [3.8, 4) is 17.2 Å². The first-order chi connectivity index (χ1) is 11.6. The molecule has 0 fully saturated rings. The predicted molar refractivity (Wildman–Crippen MR) is 87.6 cm³/mol. The Labute approximate surface area is 138 Å². The van der Waals surface area contributed by atoms with E-state index < -0.39 is 11.8 Å². The zero-order valence-electron chi connectivity index (χ0n) is 13.2. The third-order valence-corrected chi connectivity index (χ3v) is 3.44. The summed E-state index contributed by atoms with van der Waals surface area (Å²) in [5.41, 5.74) is 1.81. The van der Waals surface area contributed by atoms with E-state index >= 15 is 0 Å². The van der Waals surface area contributed by atoms with Crippen molar-refractivity contribution >= 4 is 23.2 Å². The maximum atomic E-state index is 12.1. The molecule has 124 valence electrons. The fourth-order valence-corrected chi connectivity index (χ4v) is 2.26. The van der Waals surface area contributed by atoms with Gasteiger partial charge in [0.1, 0.15) is 5.75 Å². The first-order valence-electron chi connectivity index (χ1n) is 7.23. The Morgan fingerprint density at radius 2 is 1.75 bits per heavy atom. The molecule has 2 aromatic rings. The summed E-state index contributed by atoms with van der Waals surface area (Å²) in [6, 6.07) is 10.2. The lowest BCUT2D eigenvalue weighted by Crippen LogP contribution is -2.29. The van der Waals surface area contributed by atoms with Crippen molar-refractivity contribution in [3.63, 3.8) is 0 Å². The van der Waals surface area contributed by atoms with E-state index in [9.17, 15) is 9.59 Å². The molecule has 3 rings (SSSR count). The highest BCUT2D eigenvalue weighted by molar-refractivity contribution is 6.43. The fraction of sp³-hybridized carbons (Fsp3) is 0.176. The Morgan fingerprint density at radius 1 is 1.00 bits per heavy atom. The van der Waals surface area contributed by atoms with Gasteiger partial charge >= 0.3 is 11.8 Å². The van der Waals surface area contributed by atoms with E-state index in [2.05, 4.69) is 10.6 Å². The van der Waals surface area contributed by atoms with Crippen LogP contribution in [0.25, 0.3) is 0 Å². The summed E-state index contributed by atoms with van der Waals surface area (Å²) < 4.78 is 15.6. The molecule has 0 atom stereocenters. The van der Waals surface area contributed by atoms with Gasteiger partial charge in [0.2, 0.25) is 6.79 Å². The van der Waals surface area contributed by atoms with Gasteiger partial charge in [0, 0.05) is 11.8 Å². The maximum Gasteiger partial charge on any atom is 0.314 e. The van der Waals surface area contributed by atoms with Crippen LogP contribution >= 0.6 is 0 Å². The van der Waals surface area contributed by atoms with Crippen LogP contribution in [0.1, 0.15) is 5.56 Å². The van der Waals surface area contributed by atoms with Crippen LogP contribution in [-0.4, -0.2) is 25.7 Å². The smallest absolute Gasteiger partial charge is 0.314 e. The summed E-state index contributed by atoms with van der Waals surface area (Å²) in [6.45, 7) is 2.02. The van der Waals surface area contributed by atoms with Crippen LogP contribution in [0.15, 0.2) is 36.4 Å². The molecule has 7 heteroatoms. The lowest BCUT2D eigenvalue weighted by molar-refractivity contribution is -0.133. The molecule has 0 saturated carbocycles. The SMILES string of the molecule is COc1ccc(C)cc1NC(=O)C(=O)Nc1ccc2c(c1)OCO2. The van der Waals surface area contributed by atoms with Crippen molar-refractivity contribution in [2.45, 2.75) is 6.92 Å². The summed E-state index contributed by atoms with van der Waals surface area (Å²) in [5, 5.41) is 5.06. The molecule has 0 radical (unpaired) electrons. The molecule has 0 aromatic heterocycles. The molecule has 7 nitrogen and oxygen atoms in total. The van der Waals surface area contributed by atoms with Gasteiger partial charge in [-0.2, -0.15) is 0 Å². The molecule has 1 aliphatic rings. The molecule has 2 amide bonds. The quantitative estimate of drug-likeness (QED) is 0.845. The first-order valence-corrected chi connectivity index (χ1v) is 7.23. The molecule has 1 heterocycles. The average molecular weight is 328 g/mol. The number of carbonyl (C=O) groups excluding carboxylic acids is 2. The van der Waals surface area contributed by atoms with Gasteiger partial charge in [-0.25, -0.2) is 0 Å². The van der Waals surface area contributed by atoms with Crippen LogP contribution in [0, 0.1) is 6.92 Å². The van der Waals surface area contributed by atoms with Crippen molar-refractivity contribution in [2.75, 3.05) is 24.5 Å². The van der Waals surface area contributed by atoms with E-state index in [1.807, 2.05) is 13.0 Å². The second-order valence-electron chi connectivity index (χ2n) is 5.18. The summed E-state index contributed by atoms with van der Waals surface area (Å²) in [4.78, 5) is 24.2. The summed E-state index contributed by atoms with van der Waals surface area (Å²) in [6.07, 6.45) is 0. The standard InChI is InChI=1S/C17H16N2O5/c1-10-3-5-13(22-2)12(7-10)19-17(21)16(20)18-11-4-6-14-15(8-11)24-9-23-14/h3-8H,9H2,1-2H3,(H,18,20)(H,19,21). The minimum Gasteiger partial charge on any atom is -0.495 e. The monoisotopic (exact) mass is 328 g/mol. The topological polar surface area (TPSA) is 85.9 Å². The number of hydrogen-bond acceptors (Lipinski definition) is 5. The highest BCUT2D eigenvalue weighted by atomic mass is 16.7. The van der Waals surface area contributed by atoms with Gasteiger partial charge in [0.25, 0.3) is 0 Å². The number of methoxy groups -OCH3 is 1. The van der Waals surface area contributed by atoms with Gasteiger partial charge in [0.05, 0.1) is 12.8 Å². The number of hydrogen-bond donors (Lipinski definition) is 2. The Bertz CT molecular complexity index is 804. The number of nitrogens with one attached hydrogen (secondary N) is 2. The van der Waals surface area contributed by atoms with E-state index in [1.54, 1.807) is 30.3 Å². The fourth-order valence-electron chi connectivity index (χ4n) is 2.26. The minimum absolute atomic E-state index is 0.139. The molecule has 0 bridgehead atoms. The van der Waals surface area contributed by atoms with E-state index in [4.69, 9.17) is 14.2 Å². The zero-order chi connectivity index (χ0) is 17.1. The Hall–Kier alpha value is -3.22. The molecule has 2 aromatic carbocycles. The number of benzene rings is 2. The van der Waals surface area contributed by atoms with Gasteiger partial charge in [-0.3, -0.25) is 9.59 Å².